The van der Waals surface area contributed by atoms with Gasteiger partial charge in [-0.1, -0.05) is 28.2 Å². The zero-order valence-corrected chi connectivity index (χ0v) is 13.2. The summed E-state index contributed by atoms with van der Waals surface area (Å²) >= 11 is 0. The number of aliphatic hydroxyl groups excluding tert-OH is 1. The maximum Gasteiger partial charge on any atom is 0.303 e. The standard InChI is InChI=1S/C8H16N2O3.C3H6O2.C2H6.CH4/c1-5(11)4-10-8(13)7(9-3)6(2)12;1-2-3(4)5;1-2;/h6-7,9,12H,4H2,1-3H3,(H,10,13);2H2,1H3,(H,4,5);1-2H3;1H4. The third-order valence-corrected chi connectivity index (χ3v) is 1.89. The second-order valence-corrected chi connectivity index (χ2v) is 3.67. The zero-order valence-electron chi connectivity index (χ0n) is 13.2. The molecule has 0 aromatic heterocycles. The number of carboxylic acids is 1. The van der Waals surface area contributed by atoms with Crippen LogP contribution >= 0.6 is 0 Å². The summed E-state index contributed by atoms with van der Waals surface area (Å²) in [5, 5.41) is 21.9. The molecule has 2 atom stereocenters. The summed E-state index contributed by atoms with van der Waals surface area (Å²) in [5.41, 5.74) is 0. The van der Waals surface area contributed by atoms with E-state index in [9.17, 15) is 14.4 Å². The predicted octanol–water partition coefficient (Wildman–Crippen LogP) is 0.804. The molecule has 0 heterocycles. The van der Waals surface area contributed by atoms with Crippen molar-refractivity contribution in [3.05, 3.63) is 0 Å². The van der Waals surface area contributed by atoms with Crippen LogP contribution in [0.1, 0.15) is 48.5 Å². The van der Waals surface area contributed by atoms with E-state index >= 15 is 0 Å². The minimum atomic E-state index is -0.781. The van der Waals surface area contributed by atoms with Crippen LogP contribution in [0, 0.1) is 0 Å². The first-order chi connectivity index (χ1) is 9.26. The molecule has 0 bridgehead atoms. The number of aliphatic hydroxyl groups is 1. The molecule has 0 fully saturated rings. The van der Waals surface area contributed by atoms with Gasteiger partial charge >= 0.3 is 5.97 Å². The number of carboxylic acid groups (broad SMARTS) is 1. The SMILES string of the molecule is C.CC.CCC(=O)O.CNC(C(=O)NCC(C)=O)C(C)O. The number of likely N-dealkylation sites (N-methyl/N-ethyl adjacent to an activating group) is 1. The van der Waals surface area contributed by atoms with Crippen molar-refractivity contribution in [3.8, 4) is 0 Å². The van der Waals surface area contributed by atoms with Gasteiger partial charge in [-0.3, -0.25) is 14.4 Å². The van der Waals surface area contributed by atoms with E-state index in [0.29, 0.717) is 0 Å². The number of rotatable bonds is 6. The number of hydrogen-bond acceptors (Lipinski definition) is 5. The molecule has 4 N–H and O–H groups in total. The van der Waals surface area contributed by atoms with E-state index < -0.39 is 18.1 Å². The summed E-state index contributed by atoms with van der Waals surface area (Å²) < 4.78 is 0. The van der Waals surface area contributed by atoms with Crippen molar-refractivity contribution in [2.24, 2.45) is 0 Å². The van der Waals surface area contributed by atoms with Gasteiger partial charge in [0.25, 0.3) is 0 Å². The Morgan fingerprint density at radius 3 is 1.76 bits per heavy atom. The van der Waals surface area contributed by atoms with Gasteiger partial charge in [-0.15, -0.1) is 0 Å². The predicted molar refractivity (Wildman–Crippen MR) is 84.2 cm³/mol. The lowest BCUT2D eigenvalue weighted by Crippen LogP contribution is -2.49. The minimum Gasteiger partial charge on any atom is -0.481 e. The Kier molecular flexibility index (Phi) is 24.5. The summed E-state index contributed by atoms with van der Waals surface area (Å²) in [6, 6.07) is -0.667. The van der Waals surface area contributed by atoms with E-state index in [1.807, 2.05) is 13.8 Å². The van der Waals surface area contributed by atoms with Crippen molar-refractivity contribution in [1.29, 1.82) is 0 Å². The van der Waals surface area contributed by atoms with Crippen LogP contribution in [0.15, 0.2) is 0 Å². The number of amides is 1. The molecule has 0 aliphatic rings. The molecule has 0 aliphatic heterocycles. The van der Waals surface area contributed by atoms with Crippen LogP contribution in [0.3, 0.4) is 0 Å². The van der Waals surface area contributed by atoms with Gasteiger partial charge in [0.2, 0.25) is 5.91 Å². The van der Waals surface area contributed by atoms with Crippen LogP contribution in [-0.2, 0) is 14.4 Å². The molecule has 0 aromatic carbocycles. The summed E-state index contributed by atoms with van der Waals surface area (Å²) in [6.07, 6.45) is -0.558. The minimum absolute atomic E-state index is 0. The fourth-order valence-corrected chi connectivity index (χ4v) is 0.913. The Bertz CT molecular complexity index is 281. The molecule has 2 unspecified atom stereocenters. The average molecular weight is 308 g/mol. The lowest BCUT2D eigenvalue weighted by atomic mass is 10.1. The highest BCUT2D eigenvalue weighted by Gasteiger charge is 2.20. The number of carbonyl (C=O) groups is 3. The highest BCUT2D eigenvalue weighted by atomic mass is 16.4. The van der Waals surface area contributed by atoms with E-state index in [4.69, 9.17) is 10.2 Å². The van der Waals surface area contributed by atoms with Crippen molar-refractivity contribution in [2.75, 3.05) is 13.6 Å². The van der Waals surface area contributed by atoms with Gasteiger partial charge in [0.15, 0.2) is 0 Å². The van der Waals surface area contributed by atoms with Crippen LogP contribution in [0.2, 0.25) is 0 Å². The quantitative estimate of drug-likeness (QED) is 0.577. The van der Waals surface area contributed by atoms with E-state index in [2.05, 4.69) is 10.6 Å². The topological polar surface area (TPSA) is 116 Å². The van der Waals surface area contributed by atoms with Gasteiger partial charge < -0.3 is 20.8 Å². The van der Waals surface area contributed by atoms with Gasteiger partial charge in [-0.05, 0) is 20.9 Å². The Labute approximate surface area is 128 Å². The first-order valence-corrected chi connectivity index (χ1v) is 6.60. The smallest absolute Gasteiger partial charge is 0.303 e. The number of carbonyl (C=O) groups excluding carboxylic acids is 2. The first kappa shape index (κ1) is 27.8. The molecular weight excluding hydrogens is 276 g/mol. The molecule has 21 heavy (non-hydrogen) atoms. The number of nitrogens with one attached hydrogen (secondary N) is 2. The third-order valence-electron chi connectivity index (χ3n) is 1.89. The van der Waals surface area contributed by atoms with E-state index in [-0.39, 0.29) is 32.1 Å². The van der Waals surface area contributed by atoms with Crippen molar-refractivity contribution < 1.29 is 24.6 Å². The lowest BCUT2D eigenvalue weighted by molar-refractivity contribution is -0.136. The third kappa shape index (κ3) is 21.0. The molecule has 0 aromatic rings. The number of Topliss-reactive ketones (excluding diaryl/α,β-unsaturated/α-hetero) is 1. The van der Waals surface area contributed by atoms with Crippen LogP contribution in [0.5, 0.6) is 0 Å². The summed E-state index contributed by atoms with van der Waals surface area (Å²) in [5.74, 6) is -1.23. The molecule has 7 nitrogen and oxygen atoms in total. The van der Waals surface area contributed by atoms with Gasteiger partial charge in [0.1, 0.15) is 11.8 Å². The van der Waals surface area contributed by atoms with Crippen LogP contribution in [0.4, 0.5) is 0 Å². The summed E-state index contributed by atoms with van der Waals surface area (Å²) in [7, 11) is 1.57. The number of ketones is 1. The van der Waals surface area contributed by atoms with Crippen molar-refractivity contribution >= 4 is 17.7 Å². The largest absolute Gasteiger partial charge is 0.481 e. The van der Waals surface area contributed by atoms with E-state index in [1.54, 1.807) is 14.0 Å². The van der Waals surface area contributed by atoms with Crippen molar-refractivity contribution in [3.63, 3.8) is 0 Å². The molecular formula is C14H32N2O5. The Morgan fingerprint density at radius 2 is 1.57 bits per heavy atom. The van der Waals surface area contributed by atoms with Crippen LogP contribution in [-0.4, -0.2) is 53.6 Å². The van der Waals surface area contributed by atoms with Crippen LogP contribution < -0.4 is 10.6 Å². The first-order valence-electron chi connectivity index (χ1n) is 6.60. The zero-order chi connectivity index (χ0) is 16.7. The molecule has 7 heteroatoms. The summed E-state index contributed by atoms with van der Waals surface area (Å²) in [4.78, 5) is 31.1. The molecule has 0 radical (unpaired) electrons. The highest BCUT2D eigenvalue weighted by molar-refractivity contribution is 5.87. The normalized spacial score (nSPS) is 11.2. The maximum absolute atomic E-state index is 11.2. The molecule has 128 valence electrons. The van der Waals surface area contributed by atoms with E-state index in [1.165, 1.54) is 13.8 Å². The molecule has 0 spiro atoms. The van der Waals surface area contributed by atoms with Gasteiger partial charge in [-0.25, -0.2) is 0 Å². The Morgan fingerprint density at radius 1 is 1.19 bits per heavy atom. The Balaban J connectivity index is -0.000000153. The highest BCUT2D eigenvalue weighted by Crippen LogP contribution is 1.91. The van der Waals surface area contributed by atoms with Gasteiger partial charge in [0.05, 0.1) is 12.6 Å². The second-order valence-electron chi connectivity index (χ2n) is 3.67. The van der Waals surface area contributed by atoms with Crippen molar-refractivity contribution in [1.82, 2.24) is 10.6 Å². The molecule has 1 amide bonds. The molecule has 0 aliphatic carbocycles. The molecule has 0 rings (SSSR count). The number of aliphatic carboxylic acids is 1. The molecule has 0 saturated carbocycles. The fourth-order valence-electron chi connectivity index (χ4n) is 0.913. The van der Waals surface area contributed by atoms with Crippen LogP contribution in [0.25, 0.3) is 0 Å². The average Bonchev–Trinajstić information content (AvgIpc) is 2.39. The number of hydrogen-bond donors (Lipinski definition) is 4. The van der Waals surface area contributed by atoms with Crippen molar-refractivity contribution in [2.45, 2.75) is 60.6 Å². The second kappa shape index (κ2) is 18.5. The molecule has 0 saturated heterocycles. The van der Waals surface area contributed by atoms with Gasteiger partial charge in [-0.2, -0.15) is 0 Å². The van der Waals surface area contributed by atoms with E-state index in [0.717, 1.165) is 0 Å². The monoisotopic (exact) mass is 308 g/mol. The maximum atomic E-state index is 11.2. The lowest BCUT2D eigenvalue weighted by Gasteiger charge is -2.17. The Hall–Kier alpha value is -1.47. The van der Waals surface area contributed by atoms with Gasteiger partial charge in [0, 0.05) is 6.42 Å². The summed E-state index contributed by atoms with van der Waals surface area (Å²) in [6.45, 7) is 8.50. The fraction of sp³-hybridized carbons (Fsp3) is 0.786.